The van der Waals surface area contributed by atoms with Crippen molar-refractivity contribution in [2.75, 3.05) is 19.5 Å². The summed E-state index contributed by atoms with van der Waals surface area (Å²) in [5, 5.41) is 15.5. The molecule has 0 spiro atoms. The highest BCUT2D eigenvalue weighted by Gasteiger charge is 2.46. The molecule has 0 fully saturated rings. The number of aromatic carboxylic acids is 1. The van der Waals surface area contributed by atoms with Crippen molar-refractivity contribution in [3.63, 3.8) is 0 Å². The first-order valence-corrected chi connectivity index (χ1v) is 7.62. The van der Waals surface area contributed by atoms with Crippen molar-refractivity contribution in [3.05, 3.63) is 35.5 Å². The van der Waals surface area contributed by atoms with Crippen molar-refractivity contribution in [3.8, 4) is 11.5 Å². The lowest BCUT2D eigenvalue weighted by Crippen LogP contribution is -2.35. The number of ether oxygens (including phenoxy) is 2. The van der Waals surface area contributed by atoms with Crippen LogP contribution in [0.3, 0.4) is 0 Å². The van der Waals surface area contributed by atoms with Gasteiger partial charge in [-0.15, -0.1) is 0 Å². The summed E-state index contributed by atoms with van der Waals surface area (Å²) in [5.41, 5.74) is 0.107. The SMILES string of the molecule is COc1ccc([C@@H]2C[C@H](C(F)(F)F)n3nc(C(=O)O)cc3N2)cc1OC. The molecule has 2 heterocycles. The van der Waals surface area contributed by atoms with Crippen molar-refractivity contribution in [1.82, 2.24) is 9.78 Å². The first-order chi connectivity index (χ1) is 12.2. The van der Waals surface area contributed by atoms with Crippen LogP contribution in [0.4, 0.5) is 19.0 Å². The van der Waals surface area contributed by atoms with Gasteiger partial charge < -0.3 is 19.9 Å². The predicted molar refractivity (Wildman–Crippen MR) is 84.8 cm³/mol. The Morgan fingerprint density at radius 1 is 1.27 bits per heavy atom. The number of nitrogens with one attached hydrogen (secondary N) is 1. The standard InChI is InChI=1S/C16H16F3N3O4/c1-25-11-4-3-8(5-12(11)26-2)9-6-13(16(17,18)19)22-14(20-9)7-10(21-22)15(23)24/h3-5,7,9,13,20H,6H2,1-2H3,(H,23,24)/t9-,13+/m0/s1. The second-order valence-electron chi connectivity index (χ2n) is 5.77. The molecule has 10 heteroatoms. The fourth-order valence-electron chi connectivity index (χ4n) is 2.97. The molecular weight excluding hydrogens is 355 g/mol. The molecule has 1 aliphatic heterocycles. The van der Waals surface area contributed by atoms with Crippen LogP contribution in [0.25, 0.3) is 0 Å². The van der Waals surface area contributed by atoms with Gasteiger partial charge in [0.05, 0.1) is 20.3 Å². The van der Waals surface area contributed by atoms with Crippen molar-refractivity contribution >= 4 is 11.8 Å². The smallest absolute Gasteiger partial charge is 0.410 e. The summed E-state index contributed by atoms with van der Waals surface area (Å²) in [6.07, 6.45) is -4.92. The normalized spacial score (nSPS) is 19.4. The summed E-state index contributed by atoms with van der Waals surface area (Å²) >= 11 is 0. The highest BCUT2D eigenvalue weighted by Crippen LogP contribution is 2.44. The van der Waals surface area contributed by atoms with E-state index in [4.69, 9.17) is 14.6 Å². The Morgan fingerprint density at radius 2 is 1.96 bits per heavy atom. The third-order valence-electron chi connectivity index (χ3n) is 4.22. The number of rotatable bonds is 4. The molecule has 0 bridgehead atoms. The molecule has 0 radical (unpaired) electrons. The van der Waals surface area contributed by atoms with Gasteiger partial charge in [-0.3, -0.25) is 0 Å². The second kappa shape index (κ2) is 6.43. The Bertz CT molecular complexity index is 835. The van der Waals surface area contributed by atoms with Gasteiger partial charge >= 0.3 is 12.1 Å². The van der Waals surface area contributed by atoms with Gasteiger partial charge in [0, 0.05) is 12.5 Å². The Hall–Kier alpha value is -2.91. The van der Waals surface area contributed by atoms with Crippen LogP contribution in [-0.4, -0.2) is 41.3 Å². The molecule has 0 saturated heterocycles. The van der Waals surface area contributed by atoms with Crippen LogP contribution >= 0.6 is 0 Å². The summed E-state index contributed by atoms with van der Waals surface area (Å²) < 4.78 is 51.5. The minimum Gasteiger partial charge on any atom is -0.493 e. The molecule has 1 aliphatic rings. The fraction of sp³-hybridized carbons (Fsp3) is 0.375. The van der Waals surface area contributed by atoms with E-state index >= 15 is 0 Å². The van der Waals surface area contributed by atoms with E-state index in [0.29, 0.717) is 21.7 Å². The molecule has 3 rings (SSSR count). The lowest BCUT2D eigenvalue weighted by Gasteiger charge is -2.33. The van der Waals surface area contributed by atoms with Crippen LogP contribution in [0, 0.1) is 0 Å². The number of hydrogen-bond donors (Lipinski definition) is 2. The van der Waals surface area contributed by atoms with Crippen LogP contribution in [0.15, 0.2) is 24.3 Å². The van der Waals surface area contributed by atoms with Gasteiger partial charge in [0.1, 0.15) is 5.82 Å². The molecule has 2 atom stereocenters. The number of aromatic nitrogens is 2. The van der Waals surface area contributed by atoms with Crippen molar-refractivity contribution < 1.29 is 32.5 Å². The third kappa shape index (κ3) is 3.14. The molecule has 0 amide bonds. The van der Waals surface area contributed by atoms with E-state index in [0.717, 1.165) is 6.07 Å². The molecule has 2 aromatic rings. The zero-order valence-corrected chi connectivity index (χ0v) is 13.9. The summed E-state index contributed by atoms with van der Waals surface area (Å²) in [7, 11) is 2.89. The molecule has 7 nitrogen and oxygen atoms in total. The molecule has 0 aliphatic carbocycles. The average molecular weight is 371 g/mol. The van der Waals surface area contributed by atoms with Gasteiger partial charge in [-0.1, -0.05) is 6.07 Å². The average Bonchev–Trinajstić information content (AvgIpc) is 3.03. The molecule has 0 saturated carbocycles. The van der Waals surface area contributed by atoms with Gasteiger partial charge in [0.25, 0.3) is 0 Å². The van der Waals surface area contributed by atoms with E-state index in [-0.39, 0.29) is 12.2 Å². The number of alkyl halides is 3. The van der Waals surface area contributed by atoms with Crippen LogP contribution in [0.5, 0.6) is 11.5 Å². The van der Waals surface area contributed by atoms with Crippen molar-refractivity contribution in [1.29, 1.82) is 0 Å². The van der Waals surface area contributed by atoms with Crippen LogP contribution < -0.4 is 14.8 Å². The van der Waals surface area contributed by atoms with E-state index in [1.165, 1.54) is 14.2 Å². The monoisotopic (exact) mass is 371 g/mol. The van der Waals surface area contributed by atoms with Gasteiger partial charge in [-0.2, -0.15) is 18.3 Å². The number of halogens is 3. The number of carboxylic acid groups (broad SMARTS) is 1. The number of carbonyl (C=O) groups is 1. The molecule has 1 aromatic heterocycles. The lowest BCUT2D eigenvalue weighted by molar-refractivity contribution is -0.173. The maximum atomic E-state index is 13.5. The minimum atomic E-state index is -4.58. The van der Waals surface area contributed by atoms with Gasteiger partial charge in [0.15, 0.2) is 23.2 Å². The number of nitrogens with zero attached hydrogens (tertiary/aromatic N) is 2. The second-order valence-corrected chi connectivity index (χ2v) is 5.77. The first-order valence-electron chi connectivity index (χ1n) is 7.62. The largest absolute Gasteiger partial charge is 0.493 e. The van der Waals surface area contributed by atoms with E-state index in [1.807, 2.05) is 0 Å². The molecule has 0 unspecified atom stereocenters. The van der Waals surface area contributed by atoms with Crippen LogP contribution in [0.2, 0.25) is 0 Å². The summed E-state index contributed by atoms with van der Waals surface area (Å²) in [5.74, 6) is -0.550. The van der Waals surface area contributed by atoms with Crippen LogP contribution in [-0.2, 0) is 0 Å². The maximum absolute atomic E-state index is 13.5. The Kier molecular flexibility index (Phi) is 4.43. The molecule has 2 N–H and O–H groups in total. The van der Waals surface area contributed by atoms with E-state index in [2.05, 4.69) is 10.4 Å². The van der Waals surface area contributed by atoms with Gasteiger partial charge in [0.2, 0.25) is 0 Å². The molecule has 140 valence electrons. The summed E-state index contributed by atoms with van der Waals surface area (Å²) in [6, 6.07) is 3.28. The fourth-order valence-corrected chi connectivity index (χ4v) is 2.97. The van der Waals surface area contributed by atoms with Crippen molar-refractivity contribution in [2.24, 2.45) is 0 Å². The molecular formula is C16H16F3N3O4. The maximum Gasteiger partial charge on any atom is 0.410 e. The van der Waals surface area contributed by atoms with E-state index in [9.17, 15) is 18.0 Å². The number of methoxy groups -OCH3 is 2. The zero-order chi connectivity index (χ0) is 19.1. The predicted octanol–water partition coefficient (Wildman–Crippen LogP) is 3.26. The Labute approximate surface area is 146 Å². The Balaban J connectivity index is 2.02. The number of hydrogen-bond acceptors (Lipinski definition) is 5. The van der Waals surface area contributed by atoms with E-state index in [1.54, 1.807) is 18.2 Å². The first kappa shape index (κ1) is 17.9. The van der Waals surface area contributed by atoms with Crippen molar-refractivity contribution in [2.45, 2.75) is 24.7 Å². The van der Waals surface area contributed by atoms with Gasteiger partial charge in [-0.25, -0.2) is 9.48 Å². The summed E-state index contributed by atoms with van der Waals surface area (Å²) in [6.45, 7) is 0. The molecule has 1 aromatic carbocycles. The van der Waals surface area contributed by atoms with Crippen LogP contribution in [0.1, 0.15) is 34.6 Å². The zero-order valence-electron chi connectivity index (χ0n) is 13.9. The topological polar surface area (TPSA) is 85.6 Å². The number of benzene rings is 1. The Morgan fingerprint density at radius 3 is 2.54 bits per heavy atom. The van der Waals surface area contributed by atoms with Gasteiger partial charge in [-0.05, 0) is 17.7 Å². The lowest BCUT2D eigenvalue weighted by atomic mass is 9.96. The van der Waals surface area contributed by atoms with E-state index < -0.39 is 29.9 Å². The summed E-state index contributed by atoms with van der Waals surface area (Å²) in [4.78, 5) is 11.1. The molecule has 26 heavy (non-hydrogen) atoms. The highest BCUT2D eigenvalue weighted by atomic mass is 19.4. The number of carboxylic acids is 1. The highest BCUT2D eigenvalue weighted by molar-refractivity contribution is 5.86. The minimum absolute atomic E-state index is 0.00393. The quantitative estimate of drug-likeness (QED) is 0.858. The number of fused-ring (bicyclic) bond motifs is 1. The third-order valence-corrected chi connectivity index (χ3v) is 4.22. The number of anilines is 1.